The highest BCUT2D eigenvalue weighted by atomic mass is 19.2. The number of hydrogen-bond donors (Lipinski definition) is 2. The van der Waals surface area contributed by atoms with E-state index in [0.29, 0.717) is 12.8 Å². The van der Waals surface area contributed by atoms with Crippen LogP contribution in [0.15, 0.2) is 11.3 Å². The second-order valence-electron chi connectivity index (χ2n) is 4.68. The lowest BCUT2D eigenvalue weighted by atomic mass is 9.98. The molecule has 0 spiro atoms. The molecule has 22 heavy (non-hydrogen) atoms. The van der Waals surface area contributed by atoms with Crippen molar-refractivity contribution in [1.29, 1.82) is 0 Å². The first-order valence-corrected chi connectivity index (χ1v) is 5.97. The Morgan fingerprint density at radius 1 is 0.909 bits per heavy atom. The molecule has 1 aliphatic carbocycles. The fourth-order valence-corrected chi connectivity index (χ4v) is 1.88. The van der Waals surface area contributed by atoms with Crippen LogP contribution in [0.3, 0.4) is 0 Å². The number of benzene rings is 1. The summed E-state index contributed by atoms with van der Waals surface area (Å²) < 4.78 is 66.2. The van der Waals surface area contributed by atoms with Crippen molar-refractivity contribution < 1.29 is 36.6 Å². The van der Waals surface area contributed by atoms with Crippen LogP contribution < -0.4 is 5.73 Å². The number of allylic oxidation sites excluding steroid dienone is 1. The maximum atomic E-state index is 13.6. The molecule has 9 heteroatoms. The van der Waals surface area contributed by atoms with Gasteiger partial charge in [0.25, 0.3) is 0 Å². The van der Waals surface area contributed by atoms with Crippen LogP contribution in [0.25, 0.3) is 0 Å². The molecule has 2 rings (SSSR count). The van der Waals surface area contributed by atoms with Crippen LogP contribution >= 0.6 is 0 Å². The van der Waals surface area contributed by atoms with Gasteiger partial charge >= 0.3 is 5.97 Å². The summed E-state index contributed by atoms with van der Waals surface area (Å²) in [6.45, 7) is 0. The highest BCUT2D eigenvalue weighted by molar-refractivity contribution is 6.24. The summed E-state index contributed by atoms with van der Waals surface area (Å²) in [5, 5.41) is 8.96. The van der Waals surface area contributed by atoms with Crippen LogP contribution in [-0.2, 0) is 4.79 Å². The molecule has 0 unspecified atom stereocenters. The molecule has 4 nitrogen and oxygen atoms in total. The standard InChI is InChI=1S/C13H8F5NO3/c14-6-4(7(15)9(17)10(18)8(6)16)12(20)5(13(21)22)11(19)3-1-2-3/h3H,1-2,19H2,(H,21,22). The van der Waals surface area contributed by atoms with Crippen molar-refractivity contribution in [2.45, 2.75) is 12.8 Å². The first-order chi connectivity index (χ1) is 10.2. The fourth-order valence-electron chi connectivity index (χ4n) is 1.88. The van der Waals surface area contributed by atoms with Gasteiger partial charge in [0, 0.05) is 5.70 Å². The third-order valence-electron chi connectivity index (χ3n) is 3.18. The fraction of sp³-hybridized carbons (Fsp3) is 0.231. The average molecular weight is 321 g/mol. The number of carboxylic acid groups (broad SMARTS) is 1. The minimum atomic E-state index is -2.44. The Bertz CT molecular complexity index is 696. The van der Waals surface area contributed by atoms with E-state index in [4.69, 9.17) is 10.8 Å². The van der Waals surface area contributed by atoms with Crippen LogP contribution in [0, 0.1) is 35.0 Å². The number of carbonyl (C=O) groups excluding carboxylic acids is 1. The zero-order valence-electron chi connectivity index (χ0n) is 10.7. The van der Waals surface area contributed by atoms with Gasteiger partial charge in [-0.2, -0.15) is 0 Å². The van der Waals surface area contributed by atoms with E-state index >= 15 is 0 Å². The van der Waals surface area contributed by atoms with E-state index in [-0.39, 0.29) is 0 Å². The Kier molecular flexibility index (Phi) is 3.90. The second-order valence-corrected chi connectivity index (χ2v) is 4.68. The molecule has 0 radical (unpaired) electrons. The molecule has 118 valence electrons. The Labute approximate surface area is 120 Å². The van der Waals surface area contributed by atoms with E-state index in [9.17, 15) is 31.5 Å². The van der Waals surface area contributed by atoms with Crippen LogP contribution in [0.4, 0.5) is 22.0 Å². The molecule has 1 saturated carbocycles. The van der Waals surface area contributed by atoms with Crippen molar-refractivity contribution in [3.8, 4) is 0 Å². The van der Waals surface area contributed by atoms with Gasteiger partial charge in [0.15, 0.2) is 23.3 Å². The molecule has 1 aromatic carbocycles. The van der Waals surface area contributed by atoms with Crippen molar-refractivity contribution in [1.82, 2.24) is 0 Å². The summed E-state index contributed by atoms with van der Waals surface area (Å²) in [6, 6.07) is 0. The van der Waals surface area contributed by atoms with Gasteiger partial charge in [-0.3, -0.25) is 4.79 Å². The molecular formula is C13H8F5NO3. The maximum absolute atomic E-state index is 13.6. The Morgan fingerprint density at radius 3 is 1.68 bits per heavy atom. The number of hydrogen-bond acceptors (Lipinski definition) is 3. The highest BCUT2D eigenvalue weighted by Gasteiger charge is 2.37. The predicted molar refractivity (Wildman–Crippen MR) is 62.1 cm³/mol. The van der Waals surface area contributed by atoms with Crippen LogP contribution in [0.1, 0.15) is 23.2 Å². The largest absolute Gasteiger partial charge is 0.477 e. The smallest absolute Gasteiger partial charge is 0.341 e. The number of rotatable bonds is 4. The quantitative estimate of drug-likeness (QED) is 0.170. The summed E-state index contributed by atoms with van der Waals surface area (Å²) in [6.07, 6.45) is 0.931. The van der Waals surface area contributed by atoms with E-state index in [0.717, 1.165) is 0 Å². The number of nitrogens with two attached hydrogens (primary N) is 1. The Balaban J connectivity index is 2.68. The van der Waals surface area contributed by atoms with E-state index in [1.165, 1.54) is 0 Å². The lowest BCUT2D eigenvalue weighted by Crippen LogP contribution is -2.23. The molecule has 0 saturated heterocycles. The molecule has 1 aromatic rings. The summed E-state index contributed by atoms with van der Waals surface area (Å²) in [7, 11) is 0. The number of carboxylic acids is 1. The maximum Gasteiger partial charge on any atom is 0.341 e. The van der Waals surface area contributed by atoms with Crippen molar-refractivity contribution in [2.24, 2.45) is 11.7 Å². The van der Waals surface area contributed by atoms with Crippen molar-refractivity contribution in [3.63, 3.8) is 0 Å². The topological polar surface area (TPSA) is 80.4 Å². The zero-order valence-corrected chi connectivity index (χ0v) is 10.7. The van der Waals surface area contributed by atoms with Gasteiger partial charge in [0.1, 0.15) is 11.1 Å². The summed E-state index contributed by atoms with van der Waals surface area (Å²) in [5.74, 6) is -16.1. The SMILES string of the molecule is NC(=C(C(=O)O)C(=O)c1c(F)c(F)c(F)c(F)c1F)C1CC1. The van der Waals surface area contributed by atoms with Crippen molar-refractivity contribution in [3.05, 3.63) is 45.9 Å². The zero-order chi connectivity index (χ0) is 16.8. The number of aliphatic carboxylic acids is 1. The van der Waals surface area contributed by atoms with Gasteiger partial charge < -0.3 is 10.8 Å². The lowest BCUT2D eigenvalue weighted by molar-refractivity contribution is -0.132. The average Bonchev–Trinajstić information content (AvgIpc) is 3.27. The van der Waals surface area contributed by atoms with Gasteiger partial charge in [0.2, 0.25) is 11.6 Å². The highest BCUT2D eigenvalue weighted by Crippen LogP contribution is 2.36. The molecule has 0 bridgehead atoms. The molecule has 1 aliphatic rings. The minimum Gasteiger partial charge on any atom is -0.477 e. The van der Waals surface area contributed by atoms with Crippen molar-refractivity contribution in [2.75, 3.05) is 0 Å². The van der Waals surface area contributed by atoms with Crippen molar-refractivity contribution >= 4 is 11.8 Å². The first-order valence-electron chi connectivity index (χ1n) is 5.97. The number of halogens is 5. The third kappa shape index (κ3) is 2.42. The van der Waals surface area contributed by atoms with E-state index in [1.54, 1.807) is 0 Å². The molecule has 0 aromatic heterocycles. The summed E-state index contributed by atoms with van der Waals surface area (Å²) in [4.78, 5) is 23.0. The van der Waals surface area contributed by atoms with Gasteiger partial charge in [0.05, 0.1) is 0 Å². The summed E-state index contributed by atoms with van der Waals surface area (Å²) >= 11 is 0. The van der Waals surface area contributed by atoms with Gasteiger partial charge in [-0.25, -0.2) is 26.7 Å². The number of carbonyl (C=O) groups is 2. The van der Waals surface area contributed by atoms with E-state index < -0.39 is 63.6 Å². The molecule has 0 aliphatic heterocycles. The Morgan fingerprint density at radius 2 is 1.32 bits per heavy atom. The van der Waals surface area contributed by atoms with Crippen LogP contribution in [0.5, 0.6) is 0 Å². The molecule has 0 heterocycles. The van der Waals surface area contributed by atoms with Crippen LogP contribution in [-0.4, -0.2) is 16.9 Å². The second kappa shape index (κ2) is 5.39. The molecule has 1 fully saturated rings. The minimum absolute atomic E-state index is 0.443. The van der Waals surface area contributed by atoms with E-state index in [2.05, 4.69) is 0 Å². The van der Waals surface area contributed by atoms with Gasteiger partial charge in [-0.15, -0.1) is 0 Å². The lowest BCUT2D eigenvalue weighted by Gasteiger charge is -2.10. The molecular weight excluding hydrogens is 313 g/mol. The monoisotopic (exact) mass is 321 g/mol. The summed E-state index contributed by atoms with van der Waals surface area (Å²) in [5.41, 5.74) is 1.97. The molecule has 3 N–H and O–H groups in total. The van der Waals surface area contributed by atoms with Gasteiger partial charge in [-0.1, -0.05) is 0 Å². The van der Waals surface area contributed by atoms with Crippen LogP contribution in [0.2, 0.25) is 0 Å². The predicted octanol–water partition coefficient (Wildman–Crippen LogP) is 2.27. The molecule has 0 amide bonds. The first kappa shape index (κ1) is 15.9. The van der Waals surface area contributed by atoms with E-state index in [1.807, 2.05) is 0 Å². The van der Waals surface area contributed by atoms with Gasteiger partial charge in [-0.05, 0) is 18.8 Å². The number of ketones is 1. The Hall–Kier alpha value is -2.45. The molecule has 0 atom stereocenters. The number of Topliss-reactive ketones (excluding diaryl/α,β-unsaturated/α-hetero) is 1. The normalized spacial score (nSPS) is 15.5. The third-order valence-corrected chi connectivity index (χ3v) is 3.18.